The van der Waals surface area contributed by atoms with Gasteiger partial charge in [0.2, 0.25) is 0 Å². The summed E-state index contributed by atoms with van der Waals surface area (Å²) in [5, 5.41) is 0. The van der Waals surface area contributed by atoms with Crippen LogP contribution in [0.3, 0.4) is 0 Å². The lowest BCUT2D eigenvalue weighted by Crippen LogP contribution is -2.08. The Hall–Kier alpha value is 0.260. The first-order chi connectivity index (χ1) is 8.95. The minimum absolute atomic E-state index is 0.00117. The van der Waals surface area contributed by atoms with Crippen LogP contribution in [-0.4, -0.2) is 39.2 Å². The molecule has 0 saturated carbocycles. The monoisotopic (exact) mass is 318 g/mol. The Kier molecular flexibility index (Phi) is 10.2. The van der Waals surface area contributed by atoms with E-state index >= 15 is 0 Å². The molecule has 0 N–H and O–H groups in total. The molecule has 0 amide bonds. The molecular weight excluding hydrogens is 294 g/mol. The molecule has 0 aliphatic heterocycles. The van der Waals surface area contributed by atoms with Crippen LogP contribution in [0.25, 0.3) is 0 Å². The Morgan fingerprint density at radius 3 is 1.47 bits per heavy atom. The first-order valence-electron chi connectivity index (χ1n) is 6.37. The number of phosphoric ester groups is 1. The lowest BCUT2D eigenvalue weighted by molar-refractivity contribution is 0.124. The zero-order chi connectivity index (χ0) is 14.8. The molecule has 0 aromatic heterocycles. The van der Waals surface area contributed by atoms with Gasteiger partial charge in [0, 0.05) is 0 Å². The Bertz CT molecular complexity index is 271. The van der Waals surface area contributed by atoms with Gasteiger partial charge in [0.1, 0.15) is 0 Å². The summed E-state index contributed by atoms with van der Waals surface area (Å²) in [6.45, 7) is 7.65. The highest BCUT2D eigenvalue weighted by atomic mass is 31.2. The van der Waals surface area contributed by atoms with Crippen LogP contribution in [0.4, 0.5) is 0 Å². The predicted molar refractivity (Wildman–Crippen MR) is 72.5 cm³/mol. The summed E-state index contributed by atoms with van der Waals surface area (Å²) >= 11 is 0. The molecule has 0 rings (SSSR count). The van der Waals surface area contributed by atoms with Crippen molar-refractivity contribution in [3.63, 3.8) is 0 Å². The standard InChI is InChI=1S/C10H24O7P2/c1-5-13-18(11,14-6-2)10-9-17-19(12,15-7-3)16-8-4/h5-10H2,1-4H3. The third kappa shape index (κ3) is 8.20. The third-order valence-corrected chi connectivity index (χ3v) is 5.52. The van der Waals surface area contributed by atoms with E-state index in [4.69, 9.17) is 22.6 Å². The Morgan fingerprint density at radius 2 is 1.11 bits per heavy atom. The van der Waals surface area contributed by atoms with Gasteiger partial charge in [-0.1, -0.05) is 0 Å². The van der Waals surface area contributed by atoms with Crippen molar-refractivity contribution in [3.05, 3.63) is 0 Å². The van der Waals surface area contributed by atoms with Crippen LogP contribution in [-0.2, 0) is 31.7 Å². The van der Waals surface area contributed by atoms with Crippen molar-refractivity contribution in [2.45, 2.75) is 27.7 Å². The van der Waals surface area contributed by atoms with Crippen LogP contribution >= 0.6 is 15.4 Å². The minimum atomic E-state index is -3.58. The van der Waals surface area contributed by atoms with Gasteiger partial charge < -0.3 is 9.05 Å². The Labute approximate surface area is 115 Å². The van der Waals surface area contributed by atoms with E-state index in [2.05, 4.69) is 0 Å². The maximum atomic E-state index is 12.1. The summed E-state index contributed by atoms with van der Waals surface area (Å²) < 4.78 is 49.2. The summed E-state index contributed by atoms with van der Waals surface area (Å²) in [5.74, 6) is 0. The second-order valence-corrected chi connectivity index (χ2v) is 7.14. The largest absolute Gasteiger partial charge is 0.474 e. The second kappa shape index (κ2) is 10.1. The smallest absolute Gasteiger partial charge is 0.309 e. The number of phosphoric acid groups is 1. The zero-order valence-corrected chi connectivity index (χ0v) is 13.8. The minimum Gasteiger partial charge on any atom is -0.309 e. The topological polar surface area (TPSA) is 80.3 Å². The first kappa shape index (κ1) is 19.3. The van der Waals surface area contributed by atoms with E-state index in [9.17, 15) is 9.13 Å². The molecule has 0 aliphatic carbocycles. The summed E-state index contributed by atoms with van der Waals surface area (Å²) in [6.07, 6.45) is -0.00117. The Balaban J connectivity index is 4.36. The molecule has 0 aliphatic rings. The summed E-state index contributed by atoms with van der Waals surface area (Å²) in [5.41, 5.74) is 0. The zero-order valence-electron chi connectivity index (χ0n) is 12.0. The van der Waals surface area contributed by atoms with Crippen LogP contribution in [0.1, 0.15) is 27.7 Å². The van der Waals surface area contributed by atoms with Gasteiger partial charge in [0.25, 0.3) is 0 Å². The van der Waals surface area contributed by atoms with Crippen molar-refractivity contribution in [1.82, 2.24) is 0 Å². The molecule has 0 aromatic carbocycles. The van der Waals surface area contributed by atoms with Crippen molar-refractivity contribution >= 4 is 15.4 Å². The quantitative estimate of drug-likeness (QED) is 0.510. The fourth-order valence-corrected chi connectivity index (χ4v) is 4.00. The van der Waals surface area contributed by atoms with Gasteiger partial charge in [-0.15, -0.1) is 0 Å². The SMILES string of the molecule is CCOP(=O)(CCOP(=O)(OCC)OCC)OCC. The van der Waals surface area contributed by atoms with E-state index in [-0.39, 0.29) is 39.2 Å². The maximum absolute atomic E-state index is 12.1. The van der Waals surface area contributed by atoms with Gasteiger partial charge in [-0.2, -0.15) is 0 Å². The van der Waals surface area contributed by atoms with E-state index in [1.165, 1.54) is 0 Å². The van der Waals surface area contributed by atoms with Crippen molar-refractivity contribution < 1.29 is 31.7 Å². The maximum Gasteiger partial charge on any atom is 0.474 e. The van der Waals surface area contributed by atoms with Crippen LogP contribution < -0.4 is 0 Å². The highest BCUT2D eigenvalue weighted by Crippen LogP contribution is 2.52. The highest BCUT2D eigenvalue weighted by Gasteiger charge is 2.29. The number of hydrogen-bond acceptors (Lipinski definition) is 7. The molecule has 0 heterocycles. The summed E-state index contributed by atoms with van der Waals surface area (Å²) in [7, 11) is -6.78. The normalized spacial score (nSPS) is 12.8. The van der Waals surface area contributed by atoms with Gasteiger partial charge in [0.15, 0.2) is 0 Å². The molecule has 116 valence electrons. The van der Waals surface area contributed by atoms with Gasteiger partial charge in [0.05, 0.1) is 39.2 Å². The molecule has 0 bridgehead atoms. The molecule has 0 fully saturated rings. The molecule has 7 nitrogen and oxygen atoms in total. The highest BCUT2D eigenvalue weighted by molar-refractivity contribution is 7.54. The van der Waals surface area contributed by atoms with Crippen molar-refractivity contribution in [1.29, 1.82) is 0 Å². The molecule has 0 spiro atoms. The average Bonchev–Trinajstić information content (AvgIpc) is 2.29. The van der Waals surface area contributed by atoms with E-state index < -0.39 is 15.4 Å². The first-order valence-corrected chi connectivity index (χ1v) is 9.55. The lowest BCUT2D eigenvalue weighted by Gasteiger charge is -2.19. The van der Waals surface area contributed by atoms with Crippen LogP contribution in [0.5, 0.6) is 0 Å². The number of hydrogen-bond donors (Lipinski definition) is 0. The van der Waals surface area contributed by atoms with Crippen LogP contribution in [0.15, 0.2) is 0 Å². The lowest BCUT2D eigenvalue weighted by atomic mass is 10.9. The van der Waals surface area contributed by atoms with Crippen LogP contribution in [0, 0.1) is 0 Å². The van der Waals surface area contributed by atoms with Crippen molar-refractivity contribution in [2.75, 3.05) is 39.2 Å². The molecule has 0 aromatic rings. The predicted octanol–water partition coefficient (Wildman–Crippen LogP) is 3.45. The fourth-order valence-electron chi connectivity index (χ4n) is 1.25. The Morgan fingerprint density at radius 1 is 0.684 bits per heavy atom. The average molecular weight is 318 g/mol. The molecular formula is C10H24O7P2. The molecule has 0 unspecified atom stereocenters. The van der Waals surface area contributed by atoms with E-state index in [0.29, 0.717) is 0 Å². The van der Waals surface area contributed by atoms with Crippen molar-refractivity contribution in [2.24, 2.45) is 0 Å². The third-order valence-electron chi connectivity index (χ3n) is 1.84. The van der Waals surface area contributed by atoms with E-state index in [1.54, 1.807) is 27.7 Å². The second-order valence-electron chi connectivity index (χ2n) is 3.29. The summed E-state index contributed by atoms with van der Waals surface area (Å²) in [4.78, 5) is 0. The molecule has 0 saturated heterocycles. The fraction of sp³-hybridized carbons (Fsp3) is 1.00. The van der Waals surface area contributed by atoms with E-state index in [1.807, 2.05) is 0 Å². The van der Waals surface area contributed by atoms with Crippen molar-refractivity contribution in [3.8, 4) is 0 Å². The van der Waals surface area contributed by atoms with Gasteiger partial charge in [-0.05, 0) is 27.7 Å². The molecule has 0 atom stereocenters. The number of rotatable bonds is 12. The van der Waals surface area contributed by atoms with E-state index in [0.717, 1.165) is 0 Å². The molecule has 9 heteroatoms. The van der Waals surface area contributed by atoms with Crippen LogP contribution in [0.2, 0.25) is 0 Å². The summed E-state index contributed by atoms with van der Waals surface area (Å²) in [6, 6.07) is 0. The van der Waals surface area contributed by atoms with Gasteiger partial charge in [-0.25, -0.2) is 4.57 Å². The van der Waals surface area contributed by atoms with Gasteiger partial charge in [-0.3, -0.25) is 18.1 Å². The van der Waals surface area contributed by atoms with Gasteiger partial charge >= 0.3 is 15.4 Å². The molecule has 19 heavy (non-hydrogen) atoms. The molecule has 0 radical (unpaired) electrons.